The third-order valence-electron chi connectivity index (χ3n) is 5.17. The van der Waals surface area contributed by atoms with Crippen molar-refractivity contribution in [2.75, 3.05) is 11.6 Å². The Bertz CT molecular complexity index is 1340. The molecule has 0 bridgehead atoms. The molecule has 0 radical (unpaired) electrons. The minimum Gasteiger partial charge on any atom is -0.361 e. The number of rotatable bonds is 5. The van der Waals surface area contributed by atoms with E-state index < -0.39 is 23.7 Å². The highest BCUT2D eigenvalue weighted by atomic mass is 32.1. The van der Waals surface area contributed by atoms with E-state index in [1.165, 1.54) is 0 Å². The van der Waals surface area contributed by atoms with Crippen LogP contribution in [0.5, 0.6) is 0 Å². The van der Waals surface area contributed by atoms with Crippen molar-refractivity contribution in [1.82, 2.24) is 9.97 Å². The number of carbonyl (C=O) groups excluding carboxylic acids is 1. The Balaban J connectivity index is 1.36. The lowest BCUT2D eigenvalue weighted by molar-refractivity contribution is -0.119. The number of aromatic nitrogens is 2. The number of hydrogen-bond acceptors (Lipinski definition) is 5. The predicted octanol–water partition coefficient (Wildman–Crippen LogP) is 4.97. The lowest BCUT2D eigenvalue weighted by Gasteiger charge is -2.09. The fourth-order valence-electron chi connectivity index (χ4n) is 3.63. The number of fused-ring (bicyclic) bond motifs is 2. The Morgan fingerprint density at radius 3 is 2.75 bits per heavy atom. The lowest BCUT2D eigenvalue weighted by Crippen LogP contribution is -2.34. The van der Waals surface area contributed by atoms with Crippen molar-refractivity contribution in [1.29, 1.82) is 0 Å². The summed E-state index contributed by atoms with van der Waals surface area (Å²) in [6.45, 7) is 0.248. The van der Waals surface area contributed by atoms with Gasteiger partial charge in [0.25, 0.3) is 5.91 Å². The topological polar surface area (TPSA) is 73.7 Å². The Hall–Kier alpha value is -3.53. The molecule has 3 heterocycles. The van der Waals surface area contributed by atoms with E-state index in [2.05, 4.69) is 20.1 Å². The van der Waals surface area contributed by atoms with E-state index in [0.717, 1.165) is 43.7 Å². The standard InChI is InChI=1S/C22H16F3N5OS/c23-22(24,25)19-15(12-26-10-9-13-11-27-16-6-2-1-5-14(13)16)20(31)30(29-19)21-28-17-7-3-4-8-18(17)32-21/h1-8,11-12,15,27H,9-10H2/t15-/m0/s1. The number of hydrogen-bond donors (Lipinski definition) is 1. The summed E-state index contributed by atoms with van der Waals surface area (Å²) in [7, 11) is 0. The first-order valence-electron chi connectivity index (χ1n) is 9.82. The maximum Gasteiger partial charge on any atom is 0.432 e. The highest BCUT2D eigenvalue weighted by molar-refractivity contribution is 7.22. The van der Waals surface area contributed by atoms with Gasteiger partial charge in [0.1, 0.15) is 5.92 Å². The normalized spacial score (nSPS) is 17.2. The van der Waals surface area contributed by atoms with Crippen molar-refractivity contribution in [2.24, 2.45) is 16.0 Å². The van der Waals surface area contributed by atoms with Gasteiger partial charge in [0.2, 0.25) is 5.13 Å². The number of para-hydroxylation sites is 2. The molecule has 1 amide bonds. The Kier molecular flexibility index (Phi) is 5.01. The number of benzene rings is 2. The Morgan fingerprint density at radius 1 is 1.16 bits per heavy atom. The molecule has 0 unspecified atom stereocenters. The van der Waals surface area contributed by atoms with Crippen molar-refractivity contribution in [2.45, 2.75) is 12.6 Å². The summed E-state index contributed by atoms with van der Waals surface area (Å²) < 4.78 is 41.5. The van der Waals surface area contributed by atoms with Gasteiger partial charge in [0.05, 0.1) is 10.2 Å². The molecular weight excluding hydrogens is 439 g/mol. The second-order valence-corrected chi connectivity index (χ2v) is 8.25. The molecule has 162 valence electrons. The SMILES string of the molecule is O=C1[C@@H](C=NCCc2c[nH]c3ccccc23)C(C(F)(F)F)=NN1c1nc2ccccc2s1. The van der Waals surface area contributed by atoms with Gasteiger partial charge in [-0.05, 0) is 30.2 Å². The van der Waals surface area contributed by atoms with E-state index in [1.54, 1.807) is 24.3 Å². The van der Waals surface area contributed by atoms with Crippen molar-refractivity contribution < 1.29 is 18.0 Å². The van der Waals surface area contributed by atoms with Crippen LogP contribution < -0.4 is 5.01 Å². The zero-order valence-electron chi connectivity index (χ0n) is 16.5. The molecule has 1 aliphatic rings. The van der Waals surface area contributed by atoms with Crippen LogP contribution >= 0.6 is 11.3 Å². The monoisotopic (exact) mass is 455 g/mol. The quantitative estimate of drug-likeness (QED) is 0.432. The van der Waals surface area contributed by atoms with Crippen molar-refractivity contribution in [3.05, 3.63) is 60.3 Å². The van der Waals surface area contributed by atoms with Crippen LogP contribution in [0.1, 0.15) is 5.56 Å². The zero-order chi connectivity index (χ0) is 22.3. The minimum absolute atomic E-state index is 0.104. The molecule has 6 nitrogen and oxygen atoms in total. The molecule has 0 spiro atoms. The number of anilines is 1. The van der Waals surface area contributed by atoms with Gasteiger partial charge >= 0.3 is 6.18 Å². The van der Waals surface area contributed by atoms with Crippen molar-refractivity contribution >= 4 is 55.4 Å². The summed E-state index contributed by atoms with van der Waals surface area (Å²) in [5.41, 5.74) is 1.41. The highest BCUT2D eigenvalue weighted by Gasteiger charge is 2.50. The first kappa shape index (κ1) is 20.4. The molecule has 10 heteroatoms. The summed E-state index contributed by atoms with van der Waals surface area (Å²) in [6.07, 6.45) is -1.31. The number of hydrazone groups is 1. The molecule has 2 aromatic heterocycles. The third kappa shape index (κ3) is 3.66. The van der Waals surface area contributed by atoms with E-state index >= 15 is 0 Å². The largest absolute Gasteiger partial charge is 0.432 e. The predicted molar refractivity (Wildman–Crippen MR) is 119 cm³/mol. The smallest absolute Gasteiger partial charge is 0.361 e. The number of amides is 1. The van der Waals surface area contributed by atoms with E-state index in [1.807, 2.05) is 30.5 Å². The number of carbonyl (C=O) groups is 1. The molecule has 0 saturated heterocycles. The average Bonchev–Trinajstić information content (AvgIpc) is 3.46. The van der Waals surface area contributed by atoms with Gasteiger partial charge < -0.3 is 4.98 Å². The molecule has 0 aliphatic carbocycles. The number of alkyl halides is 3. The number of H-pyrrole nitrogens is 1. The van der Waals surface area contributed by atoms with Crippen LogP contribution in [0.15, 0.2) is 64.8 Å². The van der Waals surface area contributed by atoms with Gasteiger partial charge in [0.15, 0.2) is 5.71 Å². The number of nitrogens with zero attached hydrogens (tertiary/aromatic N) is 4. The van der Waals surface area contributed by atoms with Gasteiger partial charge in [-0.15, -0.1) is 0 Å². The summed E-state index contributed by atoms with van der Waals surface area (Å²) in [6, 6.07) is 14.8. The van der Waals surface area contributed by atoms with Gasteiger partial charge in [-0.2, -0.15) is 23.3 Å². The van der Waals surface area contributed by atoms with E-state index in [0.29, 0.717) is 11.9 Å². The molecule has 0 fully saturated rings. The number of thiazole rings is 1. The van der Waals surface area contributed by atoms with Crippen LogP contribution in [0.3, 0.4) is 0 Å². The van der Waals surface area contributed by atoms with E-state index in [9.17, 15) is 18.0 Å². The Morgan fingerprint density at radius 2 is 1.94 bits per heavy atom. The van der Waals surface area contributed by atoms with Gasteiger partial charge in [-0.1, -0.05) is 41.7 Å². The summed E-state index contributed by atoms with van der Waals surface area (Å²) in [4.78, 5) is 24.4. The summed E-state index contributed by atoms with van der Waals surface area (Å²) in [5, 5.41) is 5.47. The molecule has 4 aromatic rings. The van der Waals surface area contributed by atoms with Crippen molar-refractivity contribution in [3.63, 3.8) is 0 Å². The summed E-state index contributed by atoms with van der Waals surface area (Å²) >= 11 is 1.11. The van der Waals surface area contributed by atoms with Crippen LogP contribution in [-0.2, 0) is 11.2 Å². The molecule has 1 N–H and O–H groups in total. The fraction of sp³-hybridized carbons (Fsp3) is 0.182. The molecule has 2 aromatic carbocycles. The zero-order valence-corrected chi connectivity index (χ0v) is 17.3. The number of aromatic amines is 1. The van der Waals surface area contributed by atoms with Gasteiger partial charge in [-0.25, -0.2) is 4.98 Å². The van der Waals surface area contributed by atoms with E-state index in [-0.39, 0.29) is 11.7 Å². The first-order chi connectivity index (χ1) is 15.4. The second kappa shape index (κ2) is 7.86. The van der Waals surface area contributed by atoms with Gasteiger partial charge in [-0.3, -0.25) is 9.79 Å². The molecule has 5 rings (SSSR count). The van der Waals surface area contributed by atoms with Crippen LogP contribution in [-0.4, -0.2) is 40.5 Å². The maximum atomic E-state index is 13.6. The lowest BCUT2D eigenvalue weighted by atomic mass is 10.0. The van der Waals surface area contributed by atoms with Gasteiger partial charge in [0, 0.05) is 29.9 Å². The number of nitrogens with one attached hydrogen (secondary N) is 1. The van der Waals surface area contributed by atoms with Crippen LogP contribution in [0, 0.1) is 5.92 Å². The molecule has 32 heavy (non-hydrogen) atoms. The molecule has 0 saturated carbocycles. The fourth-order valence-corrected chi connectivity index (χ4v) is 4.55. The number of halogens is 3. The maximum absolute atomic E-state index is 13.6. The minimum atomic E-state index is -4.76. The van der Waals surface area contributed by atoms with Crippen LogP contribution in [0.25, 0.3) is 21.1 Å². The Labute approximate surface area is 184 Å². The van der Waals surface area contributed by atoms with Crippen molar-refractivity contribution in [3.8, 4) is 0 Å². The second-order valence-electron chi connectivity index (χ2n) is 7.24. The molecule has 1 aliphatic heterocycles. The summed E-state index contributed by atoms with van der Waals surface area (Å²) in [5.74, 6) is -2.41. The molecule has 1 atom stereocenters. The number of aliphatic imine (C=N–C) groups is 1. The third-order valence-corrected chi connectivity index (χ3v) is 6.18. The highest BCUT2D eigenvalue weighted by Crippen LogP contribution is 2.35. The van der Waals surface area contributed by atoms with Crippen LogP contribution in [0.4, 0.5) is 18.3 Å². The molecular formula is C22H16F3N5OS. The van der Waals surface area contributed by atoms with E-state index in [4.69, 9.17) is 0 Å². The average molecular weight is 455 g/mol. The van der Waals surface area contributed by atoms with Crippen LogP contribution in [0.2, 0.25) is 0 Å². The first-order valence-corrected chi connectivity index (χ1v) is 10.6.